The highest BCUT2D eigenvalue weighted by Crippen LogP contribution is 2.16. The fourth-order valence-electron chi connectivity index (χ4n) is 1.58. The third kappa shape index (κ3) is 4.28. The van der Waals surface area contributed by atoms with Gasteiger partial charge in [0.1, 0.15) is 0 Å². The van der Waals surface area contributed by atoms with Gasteiger partial charge in [0.2, 0.25) is 10.0 Å². The molecular weight excluding hydrogens is 268 g/mol. The van der Waals surface area contributed by atoms with E-state index in [9.17, 15) is 8.42 Å². The lowest BCUT2D eigenvalue weighted by atomic mass is 10.1. The normalized spacial score (nSPS) is 15.3. The van der Waals surface area contributed by atoms with E-state index in [1.807, 2.05) is 26.2 Å². The molecule has 102 valence electrons. The smallest absolute Gasteiger partial charge is 0.240 e. The SMILES string of the molecule is CSCC(C)NS(=O)(=O)c1cccc(C(C)N)c1. The van der Waals surface area contributed by atoms with Crippen LogP contribution in [0.5, 0.6) is 0 Å². The van der Waals surface area contributed by atoms with Crippen LogP contribution in [0.1, 0.15) is 25.5 Å². The first kappa shape index (κ1) is 15.5. The molecule has 0 aliphatic heterocycles. The Labute approximate surface area is 113 Å². The number of benzene rings is 1. The van der Waals surface area contributed by atoms with Crippen LogP contribution in [0.15, 0.2) is 29.2 Å². The van der Waals surface area contributed by atoms with E-state index in [1.54, 1.807) is 30.0 Å². The van der Waals surface area contributed by atoms with Gasteiger partial charge in [-0.2, -0.15) is 11.8 Å². The van der Waals surface area contributed by atoms with Crippen molar-refractivity contribution in [1.29, 1.82) is 0 Å². The molecule has 0 spiro atoms. The predicted octanol–water partition coefficient (Wildman–Crippen LogP) is 1.74. The van der Waals surface area contributed by atoms with Crippen LogP contribution in [0, 0.1) is 0 Å². The molecular formula is C12H20N2O2S2. The van der Waals surface area contributed by atoms with Crippen LogP contribution in [-0.4, -0.2) is 26.5 Å². The summed E-state index contributed by atoms with van der Waals surface area (Å²) in [5, 5.41) is 0. The Morgan fingerprint density at radius 1 is 1.39 bits per heavy atom. The summed E-state index contributed by atoms with van der Waals surface area (Å²) >= 11 is 1.61. The Balaban J connectivity index is 2.94. The molecule has 0 saturated carbocycles. The second kappa shape index (κ2) is 6.56. The summed E-state index contributed by atoms with van der Waals surface area (Å²) in [5.41, 5.74) is 6.57. The second-order valence-electron chi connectivity index (χ2n) is 4.34. The van der Waals surface area contributed by atoms with Crippen LogP contribution in [0.25, 0.3) is 0 Å². The van der Waals surface area contributed by atoms with Gasteiger partial charge >= 0.3 is 0 Å². The molecule has 6 heteroatoms. The molecule has 1 aromatic rings. The lowest BCUT2D eigenvalue weighted by Crippen LogP contribution is -2.34. The fraction of sp³-hybridized carbons (Fsp3) is 0.500. The van der Waals surface area contributed by atoms with E-state index in [4.69, 9.17) is 5.73 Å². The lowest BCUT2D eigenvalue weighted by molar-refractivity contribution is 0.571. The number of nitrogens with two attached hydrogens (primary N) is 1. The van der Waals surface area contributed by atoms with Crippen molar-refractivity contribution in [3.8, 4) is 0 Å². The number of thioether (sulfide) groups is 1. The van der Waals surface area contributed by atoms with Gasteiger partial charge in [0.15, 0.2) is 0 Å². The first-order valence-electron chi connectivity index (χ1n) is 5.73. The summed E-state index contributed by atoms with van der Waals surface area (Å²) in [6.07, 6.45) is 1.95. The Morgan fingerprint density at radius 2 is 2.06 bits per heavy atom. The van der Waals surface area contributed by atoms with Crippen LogP contribution in [0.4, 0.5) is 0 Å². The van der Waals surface area contributed by atoms with E-state index < -0.39 is 10.0 Å². The van der Waals surface area contributed by atoms with Gasteiger partial charge < -0.3 is 5.73 Å². The third-order valence-corrected chi connectivity index (χ3v) is 4.89. The molecule has 0 amide bonds. The average Bonchev–Trinajstić information content (AvgIpc) is 2.28. The van der Waals surface area contributed by atoms with Crippen molar-refractivity contribution in [2.24, 2.45) is 5.73 Å². The summed E-state index contributed by atoms with van der Waals surface area (Å²) < 4.78 is 26.9. The van der Waals surface area contributed by atoms with E-state index in [1.165, 1.54) is 0 Å². The van der Waals surface area contributed by atoms with Crippen molar-refractivity contribution in [2.75, 3.05) is 12.0 Å². The van der Waals surface area contributed by atoms with Gasteiger partial charge in [-0.3, -0.25) is 0 Å². The molecule has 2 unspecified atom stereocenters. The Morgan fingerprint density at radius 3 is 2.61 bits per heavy atom. The molecule has 18 heavy (non-hydrogen) atoms. The zero-order valence-corrected chi connectivity index (χ0v) is 12.5. The van der Waals surface area contributed by atoms with Gasteiger partial charge in [0.05, 0.1) is 4.90 Å². The molecule has 1 aromatic carbocycles. The molecule has 0 saturated heterocycles. The largest absolute Gasteiger partial charge is 0.324 e. The molecule has 2 atom stereocenters. The summed E-state index contributed by atoms with van der Waals surface area (Å²) in [7, 11) is -3.46. The molecule has 0 heterocycles. The van der Waals surface area contributed by atoms with Crippen molar-refractivity contribution in [1.82, 2.24) is 4.72 Å². The molecule has 0 radical (unpaired) electrons. The van der Waals surface area contributed by atoms with Crippen LogP contribution in [0.3, 0.4) is 0 Å². The molecule has 0 fully saturated rings. The minimum atomic E-state index is -3.46. The predicted molar refractivity (Wildman–Crippen MR) is 77.2 cm³/mol. The summed E-state index contributed by atoms with van der Waals surface area (Å²) in [6.45, 7) is 3.68. The van der Waals surface area contributed by atoms with Crippen molar-refractivity contribution >= 4 is 21.8 Å². The zero-order valence-electron chi connectivity index (χ0n) is 10.9. The maximum absolute atomic E-state index is 12.1. The topological polar surface area (TPSA) is 72.2 Å². The molecule has 1 rings (SSSR count). The van der Waals surface area contributed by atoms with Crippen molar-refractivity contribution in [3.05, 3.63) is 29.8 Å². The minimum Gasteiger partial charge on any atom is -0.324 e. The lowest BCUT2D eigenvalue weighted by Gasteiger charge is -2.14. The molecule has 0 aliphatic carbocycles. The van der Waals surface area contributed by atoms with Crippen molar-refractivity contribution in [2.45, 2.75) is 30.8 Å². The van der Waals surface area contributed by atoms with Gasteiger partial charge in [-0.05, 0) is 37.8 Å². The molecule has 0 aromatic heterocycles. The van der Waals surface area contributed by atoms with Gasteiger partial charge in [-0.15, -0.1) is 0 Å². The summed E-state index contributed by atoms with van der Waals surface area (Å²) in [6, 6.07) is 6.48. The molecule has 4 nitrogen and oxygen atoms in total. The molecule has 0 bridgehead atoms. The monoisotopic (exact) mass is 288 g/mol. The standard InChI is InChI=1S/C12H20N2O2S2/c1-9(8-17-3)14-18(15,16)12-6-4-5-11(7-12)10(2)13/h4-7,9-10,14H,8,13H2,1-3H3. The fourth-order valence-corrected chi connectivity index (χ4v) is 3.57. The maximum Gasteiger partial charge on any atom is 0.240 e. The van der Waals surface area contributed by atoms with Crippen LogP contribution >= 0.6 is 11.8 Å². The quantitative estimate of drug-likeness (QED) is 0.836. The summed E-state index contributed by atoms with van der Waals surface area (Å²) in [4.78, 5) is 0.269. The van der Waals surface area contributed by atoms with E-state index in [0.717, 1.165) is 11.3 Å². The van der Waals surface area contributed by atoms with E-state index >= 15 is 0 Å². The third-order valence-electron chi connectivity index (χ3n) is 2.47. The Hall–Kier alpha value is -0.560. The highest BCUT2D eigenvalue weighted by atomic mass is 32.2. The van der Waals surface area contributed by atoms with E-state index in [2.05, 4.69) is 4.72 Å². The molecule has 0 aliphatic rings. The summed E-state index contributed by atoms with van der Waals surface area (Å²) in [5.74, 6) is 0.742. The van der Waals surface area contributed by atoms with Crippen molar-refractivity contribution in [3.63, 3.8) is 0 Å². The maximum atomic E-state index is 12.1. The number of rotatable bonds is 6. The number of hydrogen-bond donors (Lipinski definition) is 2. The van der Waals surface area contributed by atoms with Crippen LogP contribution in [0.2, 0.25) is 0 Å². The minimum absolute atomic E-state index is 0.0936. The average molecular weight is 288 g/mol. The van der Waals surface area contributed by atoms with E-state index in [0.29, 0.717) is 0 Å². The number of nitrogens with one attached hydrogen (secondary N) is 1. The van der Waals surface area contributed by atoms with Crippen molar-refractivity contribution < 1.29 is 8.42 Å². The Kier molecular flexibility index (Phi) is 5.65. The van der Waals surface area contributed by atoms with Gasteiger partial charge in [-0.1, -0.05) is 12.1 Å². The van der Waals surface area contributed by atoms with E-state index in [-0.39, 0.29) is 17.0 Å². The first-order chi connectivity index (χ1) is 8.36. The Bertz CT molecular complexity index is 487. The number of sulfonamides is 1. The van der Waals surface area contributed by atoms with Gasteiger partial charge in [-0.25, -0.2) is 13.1 Å². The highest BCUT2D eigenvalue weighted by molar-refractivity contribution is 7.98. The second-order valence-corrected chi connectivity index (χ2v) is 6.96. The highest BCUT2D eigenvalue weighted by Gasteiger charge is 2.17. The number of hydrogen-bond acceptors (Lipinski definition) is 4. The van der Waals surface area contributed by atoms with Crippen LogP contribution < -0.4 is 10.5 Å². The van der Waals surface area contributed by atoms with Crippen LogP contribution in [-0.2, 0) is 10.0 Å². The molecule has 3 N–H and O–H groups in total. The van der Waals surface area contributed by atoms with Gasteiger partial charge in [0, 0.05) is 17.8 Å². The van der Waals surface area contributed by atoms with Gasteiger partial charge in [0.25, 0.3) is 0 Å². The zero-order chi connectivity index (χ0) is 13.8. The first-order valence-corrected chi connectivity index (χ1v) is 8.61.